The number of methoxy groups -OCH3 is 1. The van der Waals surface area contributed by atoms with E-state index in [1.165, 1.54) is 32.1 Å². The summed E-state index contributed by atoms with van der Waals surface area (Å²) in [5, 5.41) is 3.23. The SMILES string of the molecule is COC(=O)c1nc(C)cc(NCCCCCCSC)n1. The van der Waals surface area contributed by atoms with E-state index in [0.29, 0.717) is 5.82 Å². The molecule has 0 aliphatic heterocycles. The molecule has 5 nitrogen and oxygen atoms in total. The molecule has 20 heavy (non-hydrogen) atoms. The first-order chi connectivity index (χ1) is 9.67. The Morgan fingerprint density at radius 1 is 1.30 bits per heavy atom. The number of aryl methyl sites for hydroxylation is 1. The maximum atomic E-state index is 11.4. The van der Waals surface area contributed by atoms with Gasteiger partial charge in [0.2, 0.25) is 5.82 Å². The average Bonchev–Trinajstić information content (AvgIpc) is 2.45. The molecule has 0 aromatic carbocycles. The van der Waals surface area contributed by atoms with Gasteiger partial charge < -0.3 is 10.1 Å². The first kappa shape index (κ1) is 16.8. The molecule has 1 aromatic rings. The van der Waals surface area contributed by atoms with Crippen LogP contribution in [0.25, 0.3) is 0 Å². The monoisotopic (exact) mass is 297 g/mol. The van der Waals surface area contributed by atoms with Gasteiger partial charge in [-0.25, -0.2) is 14.8 Å². The highest BCUT2D eigenvalue weighted by atomic mass is 32.2. The molecule has 0 amide bonds. The minimum Gasteiger partial charge on any atom is -0.463 e. The van der Waals surface area contributed by atoms with Crippen LogP contribution in [0.1, 0.15) is 42.0 Å². The lowest BCUT2D eigenvalue weighted by Crippen LogP contribution is -2.12. The van der Waals surface area contributed by atoms with Crippen molar-refractivity contribution in [3.8, 4) is 0 Å². The molecule has 0 radical (unpaired) electrons. The molecule has 112 valence electrons. The van der Waals surface area contributed by atoms with Crippen LogP contribution in [0.2, 0.25) is 0 Å². The number of hydrogen-bond donors (Lipinski definition) is 1. The molecule has 0 saturated heterocycles. The number of nitrogens with zero attached hydrogens (tertiary/aromatic N) is 2. The van der Waals surface area contributed by atoms with Gasteiger partial charge in [0.25, 0.3) is 0 Å². The maximum Gasteiger partial charge on any atom is 0.376 e. The number of ether oxygens (including phenoxy) is 1. The number of hydrogen-bond acceptors (Lipinski definition) is 6. The largest absolute Gasteiger partial charge is 0.463 e. The van der Waals surface area contributed by atoms with E-state index < -0.39 is 5.97 Å². The Hall–Kier alpha value is -1.30. The zero-order valence-electron chi connectivity index (χ0n) is 12.4. The zero-order valence-corrected chi connectivity index (χ0v) is 13.3. The lowest BCUT2D eigenvalue weighted by atomic mass is 10.2. The molecule has 1 heterocycles. The molecule has 1 N–H and O–H groups in total. The van der Waals surface area contributed by atoms with Crippen molar-refractivity contribution in [1.82, 2.24) is 9.97 Å². The summed E-state index contributed by atoms with van der Waals surface area (Å²) < 4.78 is 4.63. The quantitative estimate of drug-likeness (QED) is 0.558. The average molecular weight is 297 g/mol. The molecule has 6 heteroatoms. The molecule has 1 aromatic heterocycles. The summed E-state index contributed by atoms with van der Waals surface area (Å²) in [5.74, 6) is 1.52. The number of esters is 1. The van der Waals surface area contributed by atoms with Gasteiger partial charge in [0.1, 0.15) is 5.82 Å². The fourth-order valence-corrected chi connectivity index (χ4v) is 2.28. The zero-order chi connectivity index (χ0) is 14.8. The minimum atomic E-state index is -0.506. The van der Waals surface area contributed by atoms with Crippen LogP contribution in [-0.2, 0) is 4.74 Å². The molecule has 0 aliphatic rings. The Balaban J connectivity index is 2.36. The number of aromatic nitrogens is 2. The van der Waals surface area contributed by atoms with Crippen molar-refractivity contribution in [2.75, 3.05) is 31.0 Å². The number of carbonyl (C=O) groups excluding carboxylic acids is 1. The lowest BCUT2D eigenvalue weighted by Gasteiger charge is -2.07. The van der Waals surface area contributed by atoms with E-state index in [-0.39, 0.29) is 5.82 Å². The van der Waals surface area contributed by atoms with Gasteiger partial charge in [-0.2, -0.15) is 11.8 Å². The summed E-state index contributed by atoms with van der Waals surface area (Å²) >= 11 is 1.89. The van der Waals surface area contributed by atoms with Crippen molar-refractivity contribution < 1.29 is 9.53 Å². The van der Waals surface area contributed by atoms with Gasteiger partial charge in [-0.3, -0.25) is 0 Å². The van der Waals surface area contributed by atoms with Crippen molar-refractivity contribution in [2.24, 2.45) is 0 Å². The second kappa shape index (κ2) is 9.58. The Labute approximate surface area is 124 Å². The number of anilines is 1. The molecular formula is C14H23N3O2S. The lowest BCUT2D eigenvalue weighted by molar-refractivity contribution is 0.0586. The topological polar surface area (TPSA) is 64.1 Å². The van der Waals surface area contributed by atoms with E-state index >= 15 is 0 Å². The predicted octanol–water partition coefficient (Wildman–Crippen LogP) is 2.91. The highest BCUT2D eigenvalue weighted by Crippen LogP contribution is 2.09. The van der Waals surface area contributed by atoms with Crippen LogP contribution < -0.4 is 5.32 Å². The van der Waals surface area contributed by atoms with Crippen molar-refractivity contribution in [2.45, 2.75) is 32.6 Å². The third kappa shape index (κ3) is 6.23. The predicted molar refractivity (Wildman–Crippen MR) is 83.4 cm³/mol. The third-order valence-corrected chi connectivity index (χ3v) is 3.50. The van der Waals surface area contributed by atoms with Crippen LogP contribution in [-0.4, -0.2) is 41.6 Å². The van der Waals surface area contributed by atoms with Crippen LogP contribution in [0.15, 0.2) is 6.07 Å². The normalized spacial score (nSPS) is 10.3. The smallest absolute Gasteiger partial charge is 0.376 e. The maximum absolute atomic E-state index is 11.4. The van der Waals surface area contributed by atoms with Gasteiger partial charge in [0.05, 0.1) is 7.11 Å². The summed E-state index contributed by atoms with van der Waals surface area (Å²) in [4.78, 5) is 19.6. The number of thioether (sulfide) groups is 1. The molecule has 1 rings (SSSR count). The van der Waals surface area contributed by atoms with E-state index in [9.17, 15) is 4.79 Å². The highest BCUT2D eigenvalue weighted by molar-refractivity contribution is 7.98. The van der Waals surface area contributed by atoms with E-state index in [2.05, 4.69) is 26.3 Å². The number of rotatable bonds is 9. The van der Waals surface area contributed by atoms with Gasteiger partial charge in [-0.1, -0.05) is 12.8 Å². The molecule has 0 unspecified atom stereocenters. The Kier molecular flexibility index (Phi) is 8.02. The summed E-state index contributed by atoms with van der Waals surface area (Å²) in [6.07, 6.45) is 6.99. The van der Waals surface area contributed by atoms with Crippen LogP contribution >= 0.6 is 11.8 Å². The summed E-state index contributed by atoms with van der Waals surface area (Å²) in [6, 6.07) is 1.83. The van der Waals surface area contributed by atoms with Crippen LogP contribution in [0.4, 0.5) is 5.82 Å². The van der Waals surface area contributed by atoms with Crippen molar-refractivity contribution in [1.29, 1.82) is 0 Å². The van der Waals surface area contributed by atoms with Gasteiger partial charge in [-0.15, -0.1) is 0 Å². The van der Waals surface area contributed by atoms with E-state index in [1.54, 1.807) is 0 Å². The third-order valence-electron chi connectivity index (χ3n) is 2.80. The Bertz CT molecular complexity index is 427. The molecule has 0 atom stereocenters. The summed E-state index contributed by atoms with van der Waals surface area (Å²) in [7, 11) is 1.33. The molecule has 0 fully saturated rings. The van der Waals surface area contributed by atoms with Gasteiger partial charge in [0, 0.05) is 18.3 Å². The van der Waals surface area contributed by atoms with E-state index in [1.807, 2.05) is 24.8 Å². The summed E-state index contributed by atoms with van der Waals surface area (Å²) in [5.41, 5.74) is 0.753. The molecule has 0 saturated carbocycles. The first-order valence-electron chi connectivity index (χ1n) is 6.84. The van der Waals surface area contributed by atoms with E-state index in [0.717, 1.165) is 18.7 Å². The molecule has 0 bridgehead atoms. The Morgan fingerprint density at radius 2 is 2.05 bits per heavy atom. The molecule has 0 aliphatic carbocycles. The van der Waals surface area contributed by atoms with Crippen molar-refractivity contribution in [3.63, 3.8) is 0 Å². The van der Waals surface area contributed by atoms with Crippen LogP contribution in [0.5, 0.6) is 0 Å². The van der Waals surface area contributed by atoms with Gasteiger partial charge in [-0.05, 0) is 31.8 Å². The fraction of sp³-hybridized carbons (Fsp3) is 0.643. The summed E-state index contributed by atoms with van der Waals surface area (Å²) in [6.45, 7) is 2.69. The Morgan fingerprint density at radius 3 is 2.75 bits per heavy atom. The number of unbranched alkanes of at least 4 members (excludes halogenated alkanes) is 3. The second-order valence-corrected chi connectivity index (χ2v) is 5.53. The van der Waals surface area contributed by atoms with Gasteiger partial charge in [0.15, 0.2) is 0 Å². The second-order valence-electron chi connectivity index (χ2n) is 4.54. The van der Waals surface area contributed by atoms with Crippen LogP contribution in [0, 0.1) is 6.92 Å². The number of nitrogens with one attached hydrogen (secondary N) is 1. The fourth-order valence-electron chi connectivity index (χ4n) is 1.78. The van der Waals surface area contributed by atoms with Gasteiger partial charge >= 0.3 is 5.97 Å². The number of carbonyl (C=O) groups is 1. The first-order valence-corrected chi connectivity index (χ1v) is 8.23. The van der Waals surface area contributed by atoms with Crippen molar-refractivity contribution in [3.05, 3.63) is 17.6 Å². The minimum absolute atomic E-state index is 0.106. The highest BCUT2D eigenvalue weighted by Gasteiger charge is 2.10. The molecule has 0 spiro atoms. The molecular weight excluding hydrogens is 274 g/mol. The standard InChI is InChI=1S/C14H23N3O2S/c1-11-10-12(17-13(16-11)14(18)19-2)15-8-6-4-5-7-9-20-3/h10H,4-9H2,1-3H3,(H,15,16,17). The van der Waals surface area contributed by atoms with Crippen LogP contribution in [0.3, 0.4) is 0 Å². The van der Waals surface area contributed by atoms with E-state index in [4.69, 9.17) is 0 Å². The van der Waals surface area contributed by atoms with Crippen molar-refractivity contribution >= 4 is 23.5 Å².